The number of aryl methyl sites for hydroxylation is 2. The number of fused-ring (bicyclic) bond motifs is 1. The third kappa shape index (κ3) is 8.27. The molecule has 0 aromatic heterocycles. The second-order valence-corrected chi connectivity index (χ2v) is 14.1. The first-order valence-corrected chi connectivity index (χ1v) is 17.6. The Morgan fingerprint density at radius 1 is 0.830 bits per heavy atom. The van der Waals surface area contributed by atoms with E-state index in [-0.39, 0.29) is 18.0 Å². The zero-order valence-corrected chi connectivity index (χ0v) is 28.5. The number of ether oxygens (including phenoxy) is 1. The summed E-state index contributed by atoms with van der Waals surface area (Å²) in [5.74, 6) is -0.0951. The maximum Gasteiger partial charge on any atom is 0.410 e. The number of urea groups is 1. The van der Waals surface area contributed by atoms with Gasteiger partial charge in [-0.15, -0.1) is 0 Å². The Balaban J connectivity index is 1.07. The predicted molar refractivity (Wildman–Crippen MR) is 184 cm³/mol. The molecule has 4 aliphatic heterocycles. The van der Waals surface area contributed by atoms with Gasteiger partial charge < -0.3 is 29.7 Å². The maximum absolute atomic E-state index is 14.1. The topological polar surface area (TPSA) is 88.7 Å². The fourth-order valence-electron chi connectivity index (χ4n) is 7.96. The lowest BCUT2D eigenvalue weighted by molar-refractivity contribution is -0.142. The second kappa shape index (κ2) is 15.1. The van der Waals surface area contributed by atoms with Gasteiger partial charge in [0.25, 0.3) is 5.91 Å². The Bertz CT molecular complexity index is 1400. The lowest BCUT2D eigenvalue weighted by Crippen LogP contribution is -2.52. The van der Waals surface area contributed by atoms with E-state index in [1.54, 1.807) is 4.90 Å². The lowest BCUT2D eigenvalue weighted by Gasteiger charge is -2.40. The van der Waals surface area contributed by atoms with Crippen molar-refractivity contribution in [3.05, 3.63) is 64.7 Å². The summed E-state index contributed by atoms with van der Waals surface area (Å²) >= 11 is 0. The summed E-state index contributed by atoms with van der Waals surface area (Å²) in [5.41, 5.74) is 5.28. The maximum atomic E-state index is 14.1. The molecule has 4 heterocycles. The van der Waals surface area contributed by atoms with E-state index in [0.717, 1.165) is 73.4 Å². The van der Waals surface area contributed by atoms with Crippen molar-refractivity contribution in [2.75, 3.05) is 71.3 Å². The lowest BCUT2D eigenvalue weighted by atomic mass is 9.99. The monoisotopic (exact) mass is 644 g/mol. The van der Waals surface area contributed by atoms with Crippen LogP contribution in [0.15, 0.2) is 42.5 Å². The first-order valence-electron chi connectivity index (χ1n) is 17.6. The van der Waals surface area contributed by atoms with Gasteiger partial charge in [0.2, 0.25) is 0 Å². The fourth-order valence-corrected chi connectivity index (χ4v) is 7.96. The van der Waals surface area contributed by atoms with Gasteiger partial charge in [-0.3, -0.25) is 9.69 Å². The number of likely N-dealkylation sites (N-methyl/N-ethyl adjacent to an activating group) is 1. The zero-order chi connectivity index (χ0) is 32.9. The average Bonchev–Trinajstić information content (AvgIpc) is 3.38. The molecule has 47 heavy (non-hydrogen) atoms. The number of anilines is 1. The number of amides is 4. The number of para-hydroxylation sites is 1. The van der Waals surface area contributed by atoms with Crippen LogP contribution in [0.2, 0.25) is 0 Å². The second-order valence-electron chi connectivity index (χ2n) is 14.1. The molecule has 0 radical (unpaired) electrons. The molecule has 2 aromatic carbocycles. The molecular formula is C37H52N6O4. The summed E-state index contributed by atoms with van der Waals surface area (Å²) in [6.45, 7) is 11.5. The molecule has 1 atom stereocenters. The molecule has 2 aromatic rings. The SMILES string of the molecule is Cc1cc(C)cc(C[C@@H](OC(=O)N2CCC(N3CCc4ccccc4NC3=O)CC2)C(=O)N2CCC(N3CCCN(C)CC3)CC2)c1. The molecule has 0 unspecified atom stereocenters. The molecule has 0 aliphatic carbocycles. The van der Waals surface area contributed by atoms with Crippen molar-refractivity contribution in [2.45, 2.75) is 77.0 Å². The molecule has 0 bridgehead atoms. The molecule has 4 amide bonds. The number of likely N-dealkylation sites (tertiary alicyclic amines) is 2. The van der Waals surface area contributed by atoms with Crippen LogP contribution in [0.25, 0.3) is 0 Å². The number of nitrogens with one attached hydrogen (secondary N) is 1. The summed E-state index contributed by atoms with van der Waals surface area (Å²) in [4.78, 5) is 51.3. The van der Waals surface area contributed by atoms with Crippen LogP contribution in [0, 0.1) is 13.8 Å². The largest absolute Gasteiger partial charge is 0.436 e. The number of carbonyl (C=O) groups is 3. The molecule has 4 aliphatic rings. The van der Waals surface area contributed by atoms with E-state index < -0.39 is 12.2 Å². The van der Waals surface area contributed by atoms with Crippen LogP contribution in [0.1, 0.15) is 54.4 Å². The highest BCUT2D eigenvalue weighted by Crippen LogP contribution is 2.26. The summed E-state index contributed by atoms with van der Waals surface area (Å²) < 4.78 is 6.11. The zero-order valence-electron chi connectivity index (χ0n) is 28.5. The number of hydrogen-bond acceptors (Lipinski definition) is 6. The number of nitrogens with zero attached hydrogens (tertiary/aromatic N) is 5. The Morgan fingerprint density at radius 2 is 1.51 bits per heavy atom. The van der Waals surface area contributed by atoms with Crippen LogP contribution >= 0.6 is 0 Å². The van der Waals surface area contributed by atoms with Crippen LogP contribution in [0.3, 0.4) is 0 Å². The molecule has 10 heteroatoms. The predicted octanol–water partition coefficient (Wildman–Crippen LogP) is 4.53. The quantitative estimate of drug-likeness (QED) is 0.497. The van der Waals surface area contributed by atoms with Crippen molar-refractivity contribution in [3.63, 3.8) is 0 Å². The van der Waals surface area contributed by atoms with E-state index in [9.17, 15) is 14.4 Å². The van der Waals surface area contributed by atoms with E-state index in [4.69, 9.17) is 4.74 Å². The number of hydrogen-bond donors (Lipinski definition) is 1. The summed E-state index contributed by atoms with van der Waals surface area (Å²) in [7, 11) is 2.19. The highest BCUT2D eigenvalue weighted by atomic mass is 16.6. The third-order valence-corrected chi connectivity index (χ3v) is 10.6. The van der Waals surface area contributed by atoms with Crippen molar-refractivity contribution in [1.29, 1.82) is 0 Å². The van der Waals surface area contributed by atoms with Crippen molar-refractivity contribution >= 4 is 23.7 Å². The van der Waals surface area contributed by atoms with E-state index >= 15 is 0 Å². The van der Waals surface area contributed by atoms with Crippen LogP contribution in [0.5, 0.6) is 0 Å². The number of benzene rings is 2. The number of piperidine rings is 2. The van der Waals surface area contributed by atoms with Crippen molar-refractivity contribution < 1.29 is 19.1 Å². The molecule has 3 fully saturated rings. The Morgan fingerprint density at radius 3 is 2.26 bits per heavy atom. The minimum absolute atomic E-state index is 0.0481. The van der Waals surface area contributed by atoms with Gasteiger partial charge in [-0.25, -0.2) is 9.59 Å². The molecule has 1 N–H and O–H groups in total. The fraction of sp³-hybridized carbons (Fsp3) is 0.595. The minimum Gasteiger partial charge on any atom is -0.436 e. The van der Waals surface area contributed by atoms with Crippen molar-refractivity contribution in [3.8, 4) is 0 Å². The van der Waals surface area contributed by atoms with Crippen LogP contribution in [-0.2, 0) is 22.4 Å². The van der Waals surface area contributed by atoms with Crippen LogP contribution in [-0.4, -0.2) is 127 Å². The van der Waals surface area contributed by atoms with E-state index in [0.29, 0.717) is 58.0 Å². The highest BCUT2D eigenvalue weighted by molar-refractivity contribution is 5.91. The standard InChI is InChI=1S/C37H52N6O4/c1-27-23-28(2)25-29(24-27)26-34(35(44)41-16-10-31(11-17-41)40-15-6-14-39(3)21-22-40)47-37(46)42-18-12-32(13-19-42)43-20-9-30-7-4-5-8-33(30)38-36(43)45/h4-5,7-8,23-25,31-32,34H,6,9-22,26H2,1-3H3,(H,38,45)/t34-/m1/s1. The third-order valence-electron chi connectivity index (χ3n) is 10.6. The molecule has 0 saturated carbocycles. The van der Waals surface area contributed by atoms with Crippen molar-refractivity contribution in [1.82, 2.24) is 24.5 Å². The Labute approximate surface area is 280 Å². The van der Waals surface area contributed by atoms with E-state index in [1.807, 2.05) is 28.0 Å². The summed E-state index contributed by atoms with van der Waals surface area (Å²) in [5, 5.41) is 3.07. The molecular weight excluding hydrogens is 592 g/mol. The van der Waals surface area contributed by atoms with E-state index in [2.05, 4.69) is 60.3 Å². The molecule has 6 rings (SSSR count). The van der Waals surface area contributed by atoms with Crippen molar-refractivity contribution in [2.24, 2.45) is 0 Å². The molecule has 10 nitrogen and oxygen atoms in total. The Kier molecular flexibility index (Phi) is 10.7. The van der Waals surface area contributed by atoms with Gasteiger partial charge in [0.05, 0.1) is 0 Å². The Hall–Kier alpha value is -3.63. The minimum atomic E-state index is -0.875. The number of carbonyl (C=O) groups excluding carboxylic acids is 3. The van der Waals surface area contributed by atoms with Gasteiger partial charge in [0.15, 0.2) is 6.10 Å². The molecule has 0 spiro atoms. The van der Waals surface area contributed by atoms with E-state index in [1.165, 1.54) is 6.42 Å². The first kappa shape index (κ1) is 33.3. The molecule has 3 saturated heterocycles. The number of rotatable bonds is 6. The van der Waals surface area contributed by atoms with Crippen LogP contribution in [0.4, 0.5) is 15.3 Å². The van der Waals surface area contributed by atoms with Crippen LogP contribution < -0.4 is 5.32 Å². The van der Waals surface area contributed by atoms with Gasteiger partial charge in [-0.05, 0) is 89.7 Å². The molecule has 254 valence electrons. The highest BCUT2D eigenvalue weighted by Gasteiger charge is 2.36. The first-order chi connectivity index (χ1) is 22.7. The summed E-state index contributed by atoms with van der Waals surface area (Å²) in [6.07, 6.45) is 4.26. The van der Waals surface area contributed by atoms with Gasteiger partial charge >= 0.3 is 12.1 Å². The van der Waals surface area contributed by atoms with Gasteiger partial charge in [-0.2, -0.15) is 0 Å². The van der Waals surface area contributed by atoms with Gasteiger partial charge in [-0.1, -0.05) is 47.5 Å². The average molecular weight is 645 g/mol. The normalized spacial score (nSPS) is 21.4. The van der Waals surface area contributed by atoms with Gasteiger partial charge in [0.1, 0.15) is 0 Å². The smallest absolute Gasteiger partial charge is 0.410 e. The van der Waals surface area contributed by atoms with Gasteiger partial charge in [0, 0.05) is 70.0 Å². The summed E-state index contributed by atoms with van der Waals surface area (Å²) in [6, 6.07) is 14.7.